The van der Waals surface area contributed by atoms with Crippen molar-refractivity contribution >= 4 is 28.7 Å². The van der Waals surface area contributed by atoms with Crippen molar-refractivity contribution in [2.75, 3.05) is 6.54 Å². The van der Waals surface area contributed by atoms with Gasteiger partial charge in [0.2, 0.25) is 11.8 Å². The van der Waals surface area contributed by atoms with E-state index in [-0.39, 0.29) is 18.3 Å². The Morgan fingerprint density at radius 2 is 1.92 bits per heavy atom. The molecule has 0 aliphatic rings. The first-order chi connectivity index (χ1) is 12.0. The third kappa shape index (κ3) is 5.52. The van der Waals surface area contributed by atoms with Gasteiger partial charge in [-0.25, -0.2) is 0 Å². The summed E-state index contributed by atoms with van der Waals surface area (Å²) in [4.78, 5) is 30.7. The summed E-state index contributed by atoms with van der Waals surface area (Å²) in [7, 11) is 0. The first-order valence-corrected chi connectivity index (χ1v) is 8.16. The maximum absolute atomic E-state index is 12.0. The van der Waals surface area contributed by atoms with E-state index in [2.05, 4.69) is 15.3 Å². The molecular formula is C17H24N6O2. The van der Waals surface area contributed by atoms with Crippen molar-refractivity contribution in [3.8, 4) is 0 Å². The smallest absolute Gasteiger partial charge is 0.240 e. The molecule has 2 amide bonds. The average molecular weight is 344 g/mol. The standard InChI is InChI=1S/C17H24N6O2/c18-16(25)14(23-15(24)7-3-4-8-21-17(19)20)9-11-10-22-13-6-2-1-5-12(11)13/h1-2,5-6,10,14,22H,3-4,7-9H2,(H2,18,25)(H,23,24)(H4,19,20,21). The van der Waals surface area contributed by atoms with Gasteiger partial charge in [-0.1, -0.05) is 18.2 Å². The van der Waals surface area contributed by atoms with E-state index in [0.717, 1.165) is 16.5 Å². The van der Waals surface area contributed by atoms with Crippen LogP contribution in [0.15, 0.2) is 35.5 Å². The number of nitrogens with two attached hydrogens (primary N) is 3. The normalized spacial score (nSPS) is 11.8. The molecule has 1 atom stereocenters. The van der Waals surface area contributed by atoms with E-state index in [9.17, 15) is 9.59 Å². The van der Waals surface area contributed by atoms with Gasteiger partial charge in [0.15, 0.2) is 5.96 Å². The number of hydrogen-bond acceptors (Lipinski definition) is 3. The summed E-state index contributed by atoms with van der Waals surface area (Å²) in [5, 5.41) is 3.72. The molecule has 0 spiro atoms. The highest BCUT2D eigenvalue weighted by Gasteiger charge is 2.19. The summed E-state index contributed by atoms with van der Waals surface area (Å²) in [6.07, 6.45) is 3.79. The Hall–Kier alpha value is -3.03. The highest BCUT2D eigenvalue weighted by Crippen LogP contribution is 2.19. The number of benzene rings is 1. The Balaban J connectivity index is 1.89. The van der Waals surface area contributed by atoms with Crippen molar-refractivity contribution in [3.05, 3.63) is 36.0 Å². The van der Waals surface area contributed by atoms with Crippen molar-refractivity contribution in [2.45, 2.75) is 31.7 Å². The predicted molar refractivity (Wildman–Crippen MR) is 97.7 cm³/mol. The number of aromatic nitrogens is 1. The second kappa shape index (κ2) is 8.72. The molecule has 1 aromatic carbocycles. The Morgan fingerprint density at radius 3 is 2.64 bits per heavy atom. The zero-order valence-electron chi connectivity index (χ0n) is 14.0. The van der Waals surface area contributed by atoms with Crippen molar-refractivity contribution in [1.82, 2.24) is 10.3 Å². The van der Waals surface area contributed by atoms with Crippen LogP contribution in [0.5, 0.6) is 0 Å². The van der Waals surface area contributed by atoms with Crippen LogP contribution in [0.1, 0.15) is 24.8 Å². The minimum Gasteiger partial charge on any atom is -0.370 e. The number of nitrogens with zero attached hydrogens (tertiary/aromatic N) is 1. The number of H-pyrrole nitrogens is 1. The lowest BCUT2D eigenvalue weighted by Crippen LogP contribution is -2.45. The second-order valence-corrected chi connectivity index (χ2v) is 5.85. The van der Waals surface area contributed by atoms with E-state index >= 15 is 0 Å². The number of amides is 2. The van der Waals surface area contributed by atoms with Crippen molar-refractivity contribution < 1.29 is 9.59 Å². The molecule has 1 unspecified atom stereocenters. The molecule has 0 fully saturated rings. The topological polar surface area (TPSA) is 152 Å². The van der Waals surface area contributed by atoms with Gasteiger partial charge in [-0.3, -0.25) is 14.6 Å². The molecule has 8 nitrogen and oxygen atoms in total. The number of fused-ring (bicyclic) bond motifs is 1. The minimum atomic E-state index is -0.746. The van der Waals surface area contributed by atoms with Gasteiger partial charge in [-0.05, 0) is 24.5 Å². The first kappa shape index (κ1) is 18.3. The van der Waals surface area contributed by atoms with Crippen LogP contribution in [-0.4, -0.2) is 35.3 Å². The number of guanidine groups is 1. The molecule has 0 radical (unpaired) electrons. The maximum atomic E-state index is 12.0. The van der Waals surface area contributed by atoms with Gasteiger partial charge in [0.25, 0.3) is 0 Å². The summed E-state index contributed by atoms with van der Waals surface area (Å²) in [6.45, 7) is 0.476. The number of rotatable bonds is 9. The largest absolute Gasteiger partial charge is 0.370 e. The molecule has 0 saturated heterocycles. The van der Waals surface area contributed by atoms with E-state index in [4.69, 9.17) is 17.2 Å². The number of primary amides is 1. The molecular weight excluding hydrogens is 320 g/mol. The Morgan fingerprint density at radius 1 is 1.16 bits per heavy atom. The van der Waals surface area contributed by atoms with Crippen LogP contribution in [0.3, 0.4) is 0 Å². The monoisotopic (exact) mass is 344 g/mol. The van der Waals surface area contributed by atoms with Gasteiger partial charge in [0.1, 0.15) is 6.04 Å². The lowest BCUT2D eigenvalue weighted by atomic mass is 10.0. The number of hydrogen-bond donors (Lipinski definition) is 5. The van der Waals surface area contributed by atoms with Gasteiger partial charge < -0.3 is 27.5 Å². The van der Waals surface area contributed by atoms with Crippen LogP contribution in [0, 0.1) is 0 Å². The molecule has 2 rings (SSSR count). The number of carbonyl (C=O) groups excluding carboxylic acids is 2. The molecule has 8 heteroatoms. The number of para-hydroxylation sites is 1. The van der Waals surface area contributed by atoms with Gasteiger partial charge in [0.05, 0.1) is 0 Å². The van der Waals surface area contributed by atoms with Crippen LogP contribution < -0.4 is 22.5 Å². The quantitative estimate of drug-likeness (QED) is 0.249. The predicted octanol–water partition coefficient (Wildman–Crippen LogP) is 0.124. The lowest BCUT2D eigenvalue weighted by molar-refractivity contribution is -0.127. The van der Waals surface area contributed by atoms with Crippen LogP contribution in [0.2, 0.25) is 0 Å². The molecule has 25 heavy (non-hydrogen) atoms. The Kier molecular flexibility index (Phi) is 6.39. The van der Waals surface area contributed by atoms with Crippen molar-refractivity contribution in [2.24, 2.45) is 22.2 Å². The number of aliphatic imine (C=N–C) groups is 1. The summed E-state index contributed by atoms with van der Waals surface area (Å²) >= 11 is 0. The Bertz CT molecular complexity index is 763. The van der Waals surface area contributed by atoms with Crippen LogP contribution in [0.25, 0.3) is 10.9 Å². The average Bonchev–Trinajstić information content (AvgIpc) is 2.97. The molecule has 8 N–H and O–H groups in total. The maximum Gasteiger partial charge on any atom is 0.240 e. The molecule has 1 aromatic heterocycles. The highest BCUT2D eigenvalue weighted by molar-refractivity contribution is 5.88. The lowest BCUT2D eigenvalue weighted by Gasteiger charge is -2.15. The fourth-order valence-corrected chi connectivity index (χ4v) is 2.62. The summed E-state index contributed by atoms with van der Waals surface area (Å²) in [5.74, 6) is -0.732. The summed E-state index contributed by atoms with van der Waals surface area (Å²) in [5.41, 5.74) is 17.8. The molecule has 2 aromatic rings. The molecule has 0 aliphatic carbocycles. The second-order valence-electron chi connectivity index (χ2n) is 5.85. The van der Waals surface area contributed by atoms with E-state index in [1.165, 1.54) is 0 Å². The van der Waals surface area contributed by atoms with Crippen LogP contribution in [0.4, 0.5) is 0 Å². The zero-order valence-corrected chi connectivity index (χ0v) is 14.0. The number of carbonyl (C=O) groups is 2. The summed E-state index contributed by atoms with van der Waals surface area (Å²) in [6, 6.07) is 7.02. The van der Waals surface area contributed by atoms with Gasteiger partial charge in [-0.2, -0.15) is 0 Å². The molecule has 1 heterocycles. The highest BCUT2D eigenvalue weighted by atomic mass is 16.2. The fourth-order valence-electron chi connectivity index (χ4n) is 2.62. The number of nitrogens with one attached hydrogen (secondary N) is 2. The van der Waals surface area contributed by atoms with E-state index in [0.29, 0.717) is 25.8 Å². The number of aromatic amines is 1. The van der Waals surface area contributed by atoms with E-state index in [1.54, 1.807) is 0 Å². The van der Waals surface area contributed by atoms with Crippen molar-refractivity contribution in [3.63, 3.8) is 0 Å². The first-order valence-electron chi connectivity index (χ1n) is 8.16. The van der Waals surface area contributed by atoms with Crippen molar-refractivity contribution in [1.29, 1.82) is 0 Å². The number of unbranched alkanes of at least 4 members (excludes halogenated alkanes) is 1. The third-order valence-electron chi connectivity index (χ3n) is 3.88. The van der Waals surface area contributed by atoms with Gasteiger partial charge in [0, 0.05) is 36.5 Å². The minimum absolute atomic E-state index is 0.0389. The van der Waals surface area contributed by atoms with Crippen LogP contribution in [-0.2, 0) is 16.0 Å². The van der Waals surface area contributed by atoms with Gasteiger partial charge in [-0.15, -0.1) is 0 Å². The van der Waals surface area contributed by atoms with Gasteiger partial charge >= 0.3 is 0 Å². The molecule has 134 valence electrons. The molecule has 0 bridgehead atoms. The summed E-state index contributed by atoms with van der Waals surface area (Å²) < 4.78 is 0. The third-order valence-corrected chi connectivity index (χ3v) is 3.88. The van der Waals surface area contributed by atoms with E-state index < -0.39 is 11.9 Å². The molecule has 0 saturated carbocycles. The van der Waals surface area contributed by atoms with Crippen LogP contribution >= 0.6 is 0 Å². The zero-order chi connectivity index (χ0) is 18.2. The Labute approximate surface area is 145 Å². The fraction of sp³-hybridized carbons (Fsp3) is 0.353. The molecule has 0 aliphatic heterocycles. The van der Waals surface area contributed by atoms with E-state index in [1.807, 2.05) is 30.5 Å². The SMILES string of the molecule is NC(=O)C(Cc1c[nH]c2ccccc12)NC(=O)CCCCN=C(N)N.